The van der Waals surface area contributed by atoms with E-state index in [2.05, 4.69) is 41.1 Å². The highest BCUT2D eigenvalue weighted by molar-refractivity contribution is 5.19. The number of rotatable bonds is 6. The number of aliphatic hydroxyl groups excluding tert-OH is 1. The van der Waals surface area contributed by atoms with Crippen LogP contribution in [0.5, 0.6) is 0 Å². The van der Waals surface area contributed by atoms with Gasteiger partial charge in [0.15, 0.2) is 0 Å². The number of β-amino-alcohol motifs (C(OH)–C–C–N with tert-alkyl or cyclic N) is 1. The molecular formula is C15H22N2O. The Morgan fingerprint density at radius 2 is 2.22 bits per heavy atom. The first kappa shape index (κ1) is 13.3. The van der Waals surface area contributed by atoms with Crippen LogP contribution < -0.4 is 5.32 Å². The van der Waals surface area contributed by atoms with E-state index in [0.717, 1.165) is 32.6 Å². The average molecular weight is 246 g/mol. The maximum Gasteiger partial charge on any atom is 0.0679 e. The topological polar surface area (TPSA) is 35.5 Å². The molecule has 1 aliphatic rings. The Hall–Kier alpha value is -1.16. The molecule has 0 aliphatic carbocycles. The lowest BCUT2D eigenvalue weighted by atomic mass is 10.1. The minimum atomic E-state index is -0.152. The minimum Gasteiger partial charge on any atom is -0.392 e. The maximum absolute atomic E-state index is 9.58. The SMILES string of the molecule is C=CCN[C@H](CN1CC[C@H](O)C1)c1ccccc1. The van der Waals surface area contributed by atoms with Crippen LogP contribution in [0.2, 0.25) is 0 Å². The highest BCUT2D eigenvalue weighted by Crippen LogP contribution is 2.17. The molecule has 0 unspecified atom stereocenters. The van der Waals surface area contributed by atoms with Crippen molar-refractivity contribution in [3.8, 4) is 0 Å². The molecule has 0 saturated carbocycles. The lowest BCUT2D eigenvalue weighted by Gasteiger charge is -2.24. The standard InChI is InChI=1S/C15H22N2O/c1-2-9-16-15(13-6-4-3-5-7-13)12-17-10-8-14(18)11-17/h2-7,14-16,18H,1,8-12H2/t14-,15+/m0/s1. The van der Waals surface area contributed by atoms with Gasteiger partial charge in [0.05, 0.1) is 6.10 Å². The largest absolute Gasteiger partial charge is 0.392 e. The van der Waals surface area contributed by atoms with Crippen LogP contribution in [0, 0.1) is 0 Å². The molecule has 2 atom stereocenters. The summed E-state index contributed by atoms with van der Waals surface area (Å²) < 4.78 is 0. The van der Waals surface area contributed by atoms with E-state index < -0.39 is 0 Å². The first-order valence-electron chi connectivity index (χ1n) is 6.59. The van der Waals surface area contributed by atoms with E-state index in [1.165, 1.54) is 5.56 Å². The van der Waals surface area contributed by atoms with Crippen LogP contribution in [0.1, 0.15) is 18.0 Å². The van der Waals surface area contributed by atoms with Crippen LogP contribution in [-0.2, 0) is 0 Å². The van der Waals surface area contributed by atoms with Gasteiger partial charge in [-0.25, -0.2) is 0 Å². The maximum atomic E-state index is 9.58. The lowest BCUT2D eigenvalue weighted by Crippen LogP contribution is -2.34. The average Bonchev–Trinajstić information content (AvgIpc) is 2.81. The van der Waals surface area contributed by atoms with E-state index in [1.807, 2.05) is 12.1 Å². The van der Waals surface area contributed by atoms with Gasteiger partial charge in [-0.2, -0.15) is 0 Å². The van der Waals surface area contributed by atoms with Gasteiger partial charge in [0, 0.05) is 32.2 Å². The first-order valence-corrected chi connectivity index (χ1v) is 6.59. The fraction of sp³-hybridized carbons (Fsp3) is 0.467. The van der Waals surface area contributed by atoms with E-state index >= 15 is 0 Å². The van der Waals surface area contributed by atoms with Crippen molar-refractivity contribution in [2.24, 2.45) is 0 Å². The predicted molar refractivity (Wildman–Crippen MR) is 74.4 cm³/mol. The van der Waals surface area contributed by atoms with Crippen LogP contribution >= 0.6 is 0 Å². The summed E-state index contributed by atoms with van der Waals surface area (Å²) in [5, 5.41) is 13.1. The molecule has 1 fully saturated rings. The number of hydrogen-bond donors (Lipinski definition) is 2. The van der Waals surface area contributed by atoms with Gasteiger partial charge in [-0.05, 0) is 12.0 Å². The summed E-state index contributed by atoms with van der Waals surface area (Å²) in [5.74, 6) is 0. The van der Waals surface area contributed by atoms with Gasteiger partial charge < -0.3 is 10.4 Å². The fourth-order valence-corrected chi connectivity index (χ4v) is 2.43. The Balaban J connectivity index is 1.98. The van der Waals surface area contributed by atoms with E-state index in [0.29, 0.717) is 6.04 Å². The zero-order valence-corrected chi connectivity index (χ0v) is 10.8. The molecule has 3 heteroatoms. The molecule has 1 aromatic rings. The zero-order chi connectivity index (χ0) is 12.8. The third-order valence-electron chi connectivity index (χ3n) is 3.40. The molecular weight excluding hydrogens is 224 g/mol. The second kappa shape index (κ2) is 6.69. The molecule has 0 bridgehead atoms. The van der Waals surface area contributed by atoms with Crippen molar-refractivity contribution in [2.75, 3.05) is 26.2 Å². The summed E-state index contributed by atoms with van der Waals surface area (Å²) in [6.45, 7) is 7.27. The molecule has 3 nitrogen and oxygen atoms in total. The highest BCUT2D eigenvalue weighted by Gasteiger charge is 2.23. The molecule has 18 heavy (non-hydrogen) atoms. The van der Waals surface area contributed by atoms with Gasteiger partial charge in [-0.1, -0.05) is 36.4 Å². The summed E-state index contributed by atoms with van der Waals surface area (Å²) >= 11 is 0. The predicted octanol–water partition coefficient (Wildman–Crippen LogP) is 1.57. The van der Waals surface area contributed by atoms with Crippen molar-refractivity contribution >= 4 is 0 Å². The molecule has 0 spiro atoms. The van der Waals surface area contributed by atoms with Crippen molar-refractivity contribution < 1.29 is 5.11 Å². The summed E-state index contributed by atoms with van der Waals surface area (Å²) in [7, 11) is 0. The van der Waals surface area contributed by atoms with Gasteiger partial charge in [-0.15, -0.1) is 6.58 Å². The van der Waals surface area contributed by atoms with Crippen LogP contribution in [0.25, 0.3) is 0 Å². The van der Waals surface area contributed by atoms with Gasteiger partial charge in [0.1, 0.15) is 0 Å². The van der Waals surface area contributed by atoms with E-state index in [1.54, 1.807) is 0 Å². The second-order valence-corrected chi connectivity index (χ2v) is 4.86. The normalized spacial score (nSPS) is 21.9. The van der Waals surface area contributed by atoms with E-state index in [4.69, 9.17) is 0 Å². The Morgan fingerprint density at radius 1 is 1.44 bits per heavy atom. The molecule has 2 rings (SSSR count). The third-order valence-corrected chi connectivity index (χ3v) is 3.40. The van der Waals surface area contributed by atoms with Crippen molar-refractivity contribution in [1.82, 2.24) is 10.2 Å². The number of benzene rings is 1. The summed E-state index contributed by atoms with van der Waals surface area (Å²) in [4.78, 5) is 2.32. The fourth-order valence-electron chi connectivity index (χ4n) is 2.43. The first-order chi connectivity index (χ1) is 8.79. The Morgan fingerprint density at radius 3 is 2.83 bits per heavy atom. The quantitative estimate of drug-likeness (QED) is 0.748. The van der Waals surface area contributed by atoms with E-state index in [9.17, 15) is 5.11 Å². The minimum absolute atomic E-state index is 0.152. The van der Waals surface area contributed by atoms with Crippen molar-refractivity contribution in [1.29, 1.82) is 0 Å². The third kappa shape index (κ3) is 3.67. The highest BCUT2D eigenvalue weighted by atomic mass is 16.3. The van der Waals surface area contributed by atoms with Crippen molar-refractivity contribution in [2.45, 2.75) is 18.6 Å². The Labute approximate surface area is 109 Å². The molecule has 0 radical (unpaired) electrons. The van der Waals surface area contributed by atoms with Crippen LogP contribution in [0.15, 0.2) is 43.0 Å². The molecule has 1 saturated heterocycles. The number of likely N-dealkylation sites (tertiary alicyclic amines) is 1. The van der Waals surface area contributed by atoms with Gasteiger partial charge in [0.25, 0.3) is 0 Å². The van der Waals surface area contributed by atoms with Crippen LogP contribution in [0.4, 0.5) is 0 Å². The molecule has 0 amide bonds. The molecule has 2 N–H and O–H groups in total. The van der Waals surface area contributed by atoms with Crippen LogP contribution in [-0.4, -0.2) is 42.3 Å². The summed E-state index contributed by atoms with van der Waals surface area (Å²) in [6, 6.07) is 10.8. The Bertz CT molecular complexity index is 366. The Kier molecular flexibility index (Phi) is 4.93. The zero-order valence-electron chi connectivity index (χ0n) is 10.8. The number of nitrogens with zero attached hydrogens (tertiary/aromatic N) is 1. The molecule has 1 aliphatic heterocycles. The van der Waals surface area contributed by atoms with E-state index in [-0.39, 0.29) is 6.10 Å². The number of aliphatic hydroxyl groups is 1. The summed E-state index contributed by atoms with van der Waals surface area (Å²) in [5.41, 5.74) is 1.29. The smallest absolute Gasteiger partial charge is 0.0679 e. The molecule has 1 heterocycles. The molecule has 1 aromatic carbocycles. The number of nitrogens with one attached hydrogen (secondary N) is 1. The lowest BCUT2D eigenvalue weighted by molar-refractivity contribution is 0.172. The second-order valence-electron chi connectivity index (χ2n) is 4.86. The molecule has 0 aromatic heterocycles. The van der Waals surface area contributed by atoms with Gasteiger partial charge in [0.2, 0.25) is 0 Å². The van der Waals surface area contributed by atoms with Crippen molar-refractivity contribution in [3.63, 3.8) is 0 Å². The number of hydrogen-bond acceptors (Lipinski definition) is 3. The molecule has 98 valence electrons. The monoisotopic (exact) mass is 246 g/mol. The van der Waals surface area contributed by atoms with Gasteiger partial charge >= 0.3 is 0 Å². The van der Waals surface area contributed by atoms with Crippen molar-refractivity contribution in [3.05, 3.63) is 48.6 Å². The van der Waals surface area contributed by atoms with Gasteiger partial charge in [-0.3, -0.25) is 4.90 Å². The van der Waals surface area contributed by atoms with Crippen LogP contribution in [0.3, 0.4) is 0 Å². The summed E-state index contributed by atoms with van der Waals surface area (Å²) in [6.07, 6.45) is 2.62.